The Morgan fingerprint density at radius 1 is 1.16 bits per heavy atom. The van der Waals surface area contributed by atoms with E-state index in [0.717, 1.165) is 42.4 Å². The molecule has 3 rings (SSSR count). The predicted octanol–water partition coefficient (Wildman–Crippen LogP) is 4.94. The lowest BCUT2D eigenvalue weighted by molar-refractivity contribution is 0.182. The molecule has 1 aliphatic rings. The number of rotatable bonds is 6. The number of aromatic hydroxyl groups is 1. The van der Waals surface area contributed by atoms with Gasteiger partial charge in [0.05, 0.1) is 25.8 Å². The van der Waals surface area contributed by atoms with Gasteiger partial charge in [0.25, 0.3) is 0 Å². The molecule has 0 saturated heterocycles. The standard InChI is InChI=1S/C22H28FNO/c1-3-24(15-5-14-23,19-10-8-17(2)9-11-19)20-12-13-21-18(16-20)6-4-7-22(21)25/h4,6-11,20H,3,5,12-16H2,1-2H3/p+1. The van der Waals surface area contributed by atoms with E-state index < -0.39 is 0 Å². The van der Waals surface area contributed by atoms with Crippen LogP contribution in [0.4, 0.5) is 10.1 Å². The maximum atomic E-state index is 13.1. The predicted molar refractivity (Wildman–Crippen MR) is 103 cm³/mol. The molecule has 2 nitrogen and oxygen atoms in total. The van der Waals surface area contributed by atoms with E-state index in [1.54, 1.807) is 6.07 Å². The topological polar surface area (TPSA) is 20.2 Å². The minimum Gasteiger partial charge on any atom is -0.508 e. The van der Waals surface area contributed by atoms with Crippen molar-refractivity contribution in [2.75, 3.05) is 19.8 Å². The van der Waals surface area contributed by atoms with Crippen molar-refractivity contribution in [3.63, 3.8) is 0 Å². The molecule has 2 unspecified atom stereocenters. The second-order valence-corrected chi connectivity index (χ2v) is 7.26. The largest absolute Gasteiger partial charge is 0.508 e. The number of phenols is 1. The molecule has 25 heavy (non-hydrogen) atoms. The number of hydrogen-bond acceptors (Lipinski definition) is 1. The number of nitrogens with zero attached hydrogens (tertiary/aromatic N) is 1. The fourth-order valence-corrected chi connectivity index (χ4v) is 4.49. The highest BCUT2D eigenvalue weighted by molar-refractivity contribution is 5.48. The normalized spacial score (nSPS) is 19.2. The number of quaternary nitrogens is 1. The summed E-state index contributed by atoms with van der Waals surface area (Å²) in [5, 5.41) is 10.1. The van der Waals surface area contributed by atoms with E-state index in [1.807, 2.05) is 6.07 Å². The first-order valence-corrected chi connectivity index (χ1v) is 9.40. The van der Waals surface area contributed by atoms with Gasteiger partial charge in [-0.3, -0.25) is 8.87 Å². The second-order valence-electron chi connectivity index (χ2n) is 7.26. The number of halogens is 1. The van der Waals surface area contributed by atoms with Gasteiger partial charge in [-0.05, 0) is 49.6 Å². The summed E-state index contributed by atoms with van der Waals surface area (Å²) in [5.41, 5.74) is 4.89. The number of alkyl halides is 1. The van der Waals surface area contributed by atoms with Crippen LogP contribution in [0, 0.1) is 6.92 Å². The molecule has 0 bridgehead atoms. The summed E-state index contributed by atoms with van der Waals surface area (Å²) in [6.45, 7) is 5.84. The van der Waals surface area contributed by atoms with Crippen molar-refractivity contribution in [1.82, 2.24) is 4.48 Å². The lowest BCUT2D eigenvalue weighted by atomic mass is 9.85. The zero-order chi connectivity index (χ0) is 17.9. The van der Waals surface area contributed by atoms with Crippen LogP contribution < -0.4 is 4.48 Å². The van der Waals surface area contributed by atoms with Crippen molar-refractivity contribution in [1.29, 1.82) is 0 Å². The van der Waals surface area contributed by atoms with Crippen LogP contribution in [-0.2, 0) is 12.8 Å². The Balaban J connectivity index is 1.98. The molecule has 0 heterocycles. The molecule has 2 atom stereocenters. The SMILES string of the molecule is CC[N+](CCCF)(c1ccc(C)cc1)C1CCc2c(O)cccc2C1. The Labute approximate surface area is 150 Å². The molecule has 0 saturated carbocycles. The number of hydrogen-bond donors (Lipinski definition) is 1. The van der Waals surface area contributed by atoms with Crippen LogP contribution in [0.2, 0.25) is 0 Å². The monoisotopic (exact) mass is 342 g/mol. The van der Waals surface area contributed by atoms with Crippen LogP contribution in [0.1, 0.15) is 36.5 Å². The molecule has 1 aliphatic carbocycles. The van der Waals surface area contributed by atoms with Crippen molar-refractivity contribution in [2.24, 2.45) is 0 Å². The molecule has 0 spiro atoms. The highest BCUT2D eigenvalue weighted by Crippen LogP contribution is 2.37. The molecule has 2 aromatic carbocycles. The number of aryl methyl sites for hydroxylation is 1. The smallest absolute Gasteiger partial charge is 0.133 e. The van der Waals surface area contributed by atoms with Gasteiger partial charge in [-0.15, -0.1) is 0 Å². The van der Waals surface area contributed by atoms with Crippen LogP contribution in [0.15, 0.2) is 42.5 Å². The first kappa shape index (κ1) is 17.9. The molecule has 0 amide bonds. The fourth-order valence-electron chi connectivity index (χ4n) is 4.49. The van der Waals surface area contributed by atoms with Gasteiger partial charge in [0.15, 0.2) is 0 Å². The molecule has 1 N–H and O–H groups in total. The van der Waals surface area contributed by atoms with Gasteiger partial charge in [0, 0.05) is 19.3 Å². The molecule has 0 radical (unpaired) electrons. The van der Waals surface area contributed by atoms with Gasteiger partial charge in [0.1, 0.15) is 11.4 Å². The highest BCUT2D eigenvalue weighted by Gasteiger charge is 2.39. The summed E-state index contributed by atoms with van der Waals surface area (Å²) in [6.07, 6.45) is 3.45. The Bertz CT molecular complexity index is 712. The summed E-state index contributed by atoms with van der Waals surface area (Å²) < 4.78 is 13.9. The maximum absolute atomic E-state index is 13.1. The molecule has 0 aromatic heterocycles. The van der Waals surface area contributed by atoms with E-state index in [4.69, 9.17) is 0 Å². The van der Waals surface area contributed by atoms with E-state index in [1.165, 1.54) is 16.8 Å². The van der Waals surface area contributed by atoms with E-state index in [9.17, 15) is 9.50 Å². The zero-order valence-electron chi connectivity index (χ0n) is 15.3. The molecule has 0 aliphatic heterocycles. The highest BCUT2D eigenvalue weighted by atomic mass is 19.1. The summed E-state index contributed by atoms with van der Waals surface area (Å²) in [4.78, 5) is 0. The van der Waals surface area contributed by atoms with E-state index in [0.29, 0.717) is 18.2 Å². The quantitative estimate of drug-likeness (QED) is 0.737. The van der Waals surface area contributed by atoms with Crippen molar-refractivity contribution in [3.05, 3.63) is 59.2 Å². The fraction of sp³-hybridized carbons (Fsp3) is 0.455. The van der Waals surface area contributed by atoms with Crippen LogP contribution in [0.25, 0.3) is 0 Å². The average Bonchev–Trinajstić information content (AvgIpc) is 2.64. The van der Waals surface area contributed by atoms with E-state index >= 15 is 0 Å². The third-order valence-electron chi connectivity index (χ3n) is 5.93. The number of fused-ring (bicyclic) bond motifs is 1. The van der Waals surface area contributed by atoms with Crippen molar-refractivity contribution in [3.8, 4) is 5.75 Å². The first-order valence-electron chi connectivity index (χ1n) is 9.40. The van der Waals surface area contributed by atoms with Crippen LogP contribution in [-0.4, -0.2) is 30.9 Å². The third-order valence-corrected chi connectivity index (χ3v) is 5.93. The maximum Gasteiger partial charge on any atom is 0.133 e. The van der Waals surface area contributed by atoms with Gasteiger partial charge >= 0.3 is 0 Å². The number of phenolic OH excluding ortho intramolecular Hbond substituents is 1. The number of benzene rings is 2. The van der Waals surface area contributed by atoms with Crippen LogP contribution in [0.5, 0.6) is 5.75 Å². The summed E-state index contributed by atoms with van der Waals surface area (Å²) in [5.74, 6) is 0.421. The summed E-state index contributed by atoms with van der Waals surface area (Å²) >= 11 is 0. The second kappa shape index (κ2) is 7.57. The van der Waals surface area contributed by atoms with Crippen molar-refractivity contribution in [2.45, 2.75) is 45.6 Å². The Morgan fingerprint density at radius 2 is 1.92 bits per heavy atom. The van der Waals surface area contributed by atoms with E-state index in [2.05, 4.69) is 44.2 Å². The minimum absolute atomic E-state index is 0.268. The average molecular weight is 342 g/mol. The Kier molecular flexibility index (Phi) is 5.43. The molecular weight excluding hydrogens is 313 g/mol. The zero-order valence-corrected chi connectivity index (χ0v) is 15.3. The molecular formula is C22H29FNO+. The molecule has 2 aromatic rings. The van der Waals surface area contributed by atoms with Crippen molar-refractivity contribution < 1.29 is 9.50 Å². The van der Waals surface area contributed by atoms with Gasteiger partial charge in [-0.2, -0.15) is 0 Å². The van der Waals surface area contributed by atoms with Crippen LogP contribution >= 0.6 is 0 Å². The van der Waals surface area contributed by atoms with Crippen molar-refractivity contribution >= 4 is 5.69 Å². The van der Waals surface area contributed by atoms with E-state index in [-0.39, 0.29) is 6.67 Å². The molecule has 3 heteroatoms. The molecule has 0 fully saturated rings. The number of likely N-dealkylation sites (N-methyl/N-ethyl adjacent to an activating group) is 1. The molecule has 134 valence electrons. The Morgan fingerprint density at radius 3 is 2.60 bits per heavy atom. The Hall–Kier alpha value is -1.87. The van der Waals surface area contributed by atoms with Gasteiger partial charge in [-0.25, -0.2) is 0 Å². The minimum atomic E-state index is -0.268. The van der Waals surface area contributed by atoms with Gasteiger partial charge in [0.2, 0.25) is 0 Å². The first-order chi connectivity index (χ1) is 12.1. The lowest BCUT2D eigenvalue weighted by Gasteiger charge is -2.46. The van der Waals surface area contributed by atoms with Gasteiger partial charge < -0.3 is 5.11 Å². The van der Waals surface area contributed by atoms with Gasteiger partial charge in [-0.1, -0.05) is 29.8 Å². The van der Waals surface area contributed by atoms with Crippen LogP contribution in [0.3, 0.4) is 0 Å². The summed E-state index contributed by atoms with van der Waals surface area (Å²) in [7, 11) is 0. The third kappa shape index (κ3) is 3.43. The summed E-state index contributed by atoms with van der Waals surface area (Å²) in [6, 6.07) is 15.0. The lowest BCUT2D eigenvalue weighted by Crippen LogP contribution is -2.59.